The largest absolute Gasteiger partial charge is 0.379 e. The molecular formula is C16H23BrFNO. The Bertz CT molecular complexity index is 476. The Labute approximate surface area is 129 Å². The summed E-state index contributed by atoms with van der Waals surface area (Å²) in [4.78, 5) is 0. The summed E-state index contributed by atoms with van der Waals surface area (Å²) in [7, 11) is 0. The second kappa shape index (κ2) is 6.02. The van der Waals surface area contributed by atoms with E-state index in [9.17, 15) is 4.39 Å². The molecule has 0 amide bonds. The Hall–Kier alpha value is -0.610. The zero-order valence-corrected chi connectivity index (χ0v) is 14.1. The lowest BCUT2D eigenvalue weighted by Crippen LogP contribution is -2.58. The highest BCUT2D eigenvalue weighted by Crippen LogP contribution is 2.44. The van der Waals surface area contributed by atoms with E-state index in [1.807, 2.05) is 0 Å². The summed E-state index contributed by atoms with van der Waals surface area (Å²) in [6, 6.07) is 5.21. The van der Waals surface area contributed by atoms with Gasteiger partial charge in [0.25, 0.3) is 0 Å². The molecule has 4 heteroatoms. The van der Waals surface area contributed by atoms with Crippen molar-refractivity contribution in [2.24, 2.45) is 11.3 Å². The molecule has 1 aromatic rings. The van der Waals surface area contributed by atoms with Crippen LogP contribution in [-0.2, 0) is 4.74 Å². The van der Waals surface area contributed by atoms with Crippen LogP contribution in [0.2, 0.25) is 0 Å². The van der Waals surface area contributed by atoms with Crippen LogP contribution in [0.4, 0.5) is 10.1 Å². The van der Waals surface area contributed by atoms with E-state index >= 15 is 0 Å². The summed E-state index contributed by atoms with van der Waals surface area (Å²) in [5.41, 5.74) is 0.573. The molecule has 1 aromatic carbocycles. The molecule has 1 N–H and O–H groups in total. The average molecular weight is 344 g/mol. The maximum atomic E-state index is 13.8. The van der Waals surface area contributed by atoms with E-state index in [-0.39, 0.29) is 23.4 Å². The van der Waals surface area contributed by atoms with Crippen LogP contribution < -0.4 is 5.32 Å². The highest BCUT2D eigenvalue weighted by molar-refractivity contribution is 9.10. The van der Waals surface area contributed by atoms with Gasteiger partial charge in [0.2, 0.25) is 0 Å². The van der Waals surface area contributed by atoms with Gasteiger partial charge in [-0.25, -0.2) is 4.39 Å². The molecular weight excluding hydrogens is 321 g/mol. The van der Waals surface area contributed by atoms with Gasteiger partial charge in [0.15, 0.2) is 0 Å². The van der Waals surface area contributed by atoms with Gasteiger partial charge < -0.3 is 10.1 Å². The highest BCUT2D eigenvalue weighted by atomic mass is 79.9. The van der Waals surface area contributed by atoms with Crippen LogP contribution in [-0.4, -0.2) is 18.8 Å². The third kappa shape index (κ3) is 3.34. The minimum atomic E-state index is -0.212. The molecule has 2 unspecified atom stereocenters. The molecule has 2 atom stereocenters. The number of ether oxygens (including phenoxy) is 1. The van der Waals surface area contributed by atoms with Crippen molar-refractivity contribution in [1.82, 2.24) is 0 Å². The van der Waals surface area contributed by atoms with E-state index in [1.165, 1.54) is 6.07 Å². The molecule has 1 aliphatic carbocycles. The van der Waals surface area contributed by atoms with Crippen molar-refractivity contribution >= 4 is 21.6 Å². The van der Waals surface area contributed by atoms with Gasteiger partial charge in [0.05, 0.1) is 11.8 Å². The standard InChI is InChI=1S/C16H23BrFNO/c1-10(2)9-20-15-8-14(16(15,3)4)19-13-7-11(17)5-6-12(13)18/h5-7,10,14-15,19H,8-9H2,1-4H3. The first-order valence-corrected chi connectivity index (χ1v) is 7.93. The number of hydrogen-bond acceptors (Lipinski definition) is 2. The normalized spacial score (nSPS) is 24.6. The van der Waals surface area contributed by atoms with Gasteiger partial charge >= 0.3 is 0 Å². The van der Waals surface area contributed by atoms with Crippen LogP contribution >= 0.6 is 15.9 Å². The molecule has 2 rings (SSSR count). The molecule has 0 aromatic heterocycles. The van der Waals surface area contributed by atoms with Crippen LogP contribution in [0.25, 0.3) is 0 Å². The van der Waals surface area contributed by atoms with Crippen molar-refractivity contribution in [3.63, 3.8) is 0 Å². The average Bonchev–Trinajstić information content (AvgIpc) is 2.36. The first kappa shape index (κ1) is 15.8. The highest BCUT2D eigenvalue weighted by Gasteiger charge is 2.49. The van der Waals surface area contributed by atoms with Gasteiger partial charge in [0, 0.05) is 22.5 Å². The molecule has 1 saturated carbocycles. The molecule has 1 fully saturated rings. The van der Waals surface area contributed by atoms with E-state index in [2.05, 4.69) is 48.9 Å². The van der Waals surface area contributed by atoms with Crippen LogP contribution in [0, 0.1) is 17.2 Å². The molecule has 2 nitrogen and oxygen atoms in total. The van der Waals surface area contributed by atoms with E-state index in [0.29, 0.717) is 11.6 Å². The number of rotatable bonds is 5. The van der Waals surface area contributed by atoms with Gasteiger partial charge in [-0.2, -0.15) is 0 Å². The summed E-state index contributed by atoms with van der Waals surface area (Å²) in [6.45, 7) is 9.44. The van der Waals surface area contributed by atoms with Crippen LogP contribution in [0.1, 0.15) is 34.1 Å². The Morgan fingerprint density at radius 3 is 2.75 bits per heavy atom. The topological polar surface area (TPSA) is 21.3 Å². The lowest BCUT2D eigenvalue weighted by molar-refractivity contribution is -0.108. The summed E-state index contributed by atoms with van der Waals surface area (Å²) >= 11 is 3.38. The second-order valence-corrected chi connectivity index (χ2v) is 7.51. The fraction of sp³-hybridized carbons (Fsp3) is 0.625. The second-order valence-electron chi connectivity index (χ2n) is 6.59. The maximum absolute atomic E-state index is 13.8. The number of halogens is 2. The number of hydrogen-bond donors (Lipinski definition) is 1. The third-order valence-corrected chi connectivity index (χ3v) is 4.56. The predicted molar refractivity (Wildman–Crippen MR) is 84.5 cm³/mol. The maximum Gasteiger partial charge on any atom is 0.146 e. The summed E-state index contributed by atoms with van der Waals surface area (Å²) in [6.07, 6.45) is 1.17. The van der Waals surface area contributed by atoms with Crippen molar-refractivity contribution < 1.29 is 9.13 Å². The molecule has 0 saturated heterocycles. The van der Waals surface area contributed by atoms with Gasteiger partial charge in [-0.05, 0) is 30.5 Å². The molecule has 1 aliphatic rings. The lowest BCUT2D eigenvalue weighted by Gasteiger charge is -2.52. The zero-order chi connectivity index (χ0) is 14.9. The first-order chi connectivity index (χ1) is 9.30. The van der Waals surface area contributed by atoms with Crippen molar-refractivity contribution in [3.8, 4) is 0 Å². The minimum absolute atomic E-state index is 0.0175. The zero-order valence-electron chi connectivity index (χ0n) is 12.5. The SMILES string of the molecule is CC(C)COC1CC(Nc2cc(Br)ccc2F)C1(C)C. The summed E-state index contributed by atoms with van der Waals surface area (Å²) in [5.74, 6) is 0.330. The Balaban J connectivity index is 1.97. The number of anilines is 1. The van der Waals surface area contributed by atoms with Gasteiger partial charge in [-0.15, -0.1) is 0 Å². The van der Waals surface area contributed by atoms with Crippen molar-refractivity contribution in [3.05, 3.63) is 28.5 Å². The smallest absolute Gasteiger partial charge is 0.146 e. The number of benzene rings is 1. The van der Waals surface area contributed by atoms with Crippen LogP contribution in [0.15, 0.2) is 22.7 Å². The van der Waals surface area contributed by atoms with E-state index in [1.54, 1.807) is 12.1 Å². The fourth-order valence-electron chi connectivity index (χ4n) is 2.52. The Morgan fingerprint density at radius 2 is 2.15 bits per heavy atom. The molecule has 0 bridgehead atoms. The van der Waals surface area contributed by atoms with Crippen molar-refractivity contribution in [2.75, 3.05) is 11.9 Å². The lowest BCUT2D eigenvalue weighted by atomic mass is 9.64. The van der Waals surface area contributed by atoms with E-state index in [0.717, 1.165) is 17.5 Å². The molecule has 112 valence electrons. The molecule has 0 spiro atoms. The quantitative estimate of drug-likeness (QED) is 0.825. The van der Waals surface area contributed by atoms with E-state index < -0.39 is 0 Å². The monoisotopic (exact) mass is 343 g/mol. The van der Waals surface area contributed by atoms with Crippen molar-refractivity contribution in [1.29, 1.82) is 0 Å². The molecule has 20 heavy (non-hydrogen) atoms. The predicted octanol–water partition coefficient (Wildman–Crippen LogP) is 4.84. The fourth-order valence-corrected chi connectivity index (χ4v) is 2.88. The Kier molecular flexibility index (Phi) is 4.75. The van der Waals surface area contributed by atoms with Gasteiger partial charge in [-0.3, -0.25) is 0 Å². The molecule has 0 heterocycles. The molecule has 0 aliphatic heterocycles. The number of nitrogens with one attached hydrogen (secondary N) is 1. The molecule has 0 radical (unpaired) electrons. The van der Waals surface area contributed by atoms with Crippen molar-refractivity contribution in [2.45, 2.75) is 46.3 Å². The Morgan fingerprint density at radius 1 is 1.45 bits per heavy atom. The third-order valence-electron chi connectivity index (χ3n) is 4.07. The summed E-state index contributed by atoms with van der Waals surface area (Å²) < 4.78 is 20.6. The van der Waals surface area contributed by atoms with Crippen LogP contribution in [0.5, 0.6) is 0 Å². The van der Waals surface area contributed by atoms with Crippen LogP contribution in [0.3, 0.4) is 0 Å². The summed E-state index contributed by atoms with van der Waals surface area (Å²) in [5, 5.41) is 3.31. The van der Waals surface area contributed by atoms with E-state index in [4.69, 9.17) is 4.74 Å². The van der Waals surface area contributed by atoms with Gasteiger partial charge in [-0.1, -0.05) is 43.6 Å². The van der Waals surface area contributed by atoms with Gasteiger partial charge in [0.1, 0.15) is 5.82 Å². The minimum Gasteiger partial charge on any atom is -0.379 e. The first-order valence-electron chi connectivity index (χ1n) is 7.14.